The molecule has 0 saturated carbocycles. The van der Waals surface area contributed by atoms with Crippen LogP contribution in [0.5, 0.6) is 0 Å². The molecule has 0 aliphatic rings. The van der Waals surface area contributed by atoms with Gasteiger partial charge < -0.3 is 4.42 Å². The molecule has 4 aromatic rings. The minimum Gasteiger partial charge on any atom is -0.461 e. The Labute approximate surface area is 118 Å². The van der Waals surface area contributed by atoms with Crippen LogP contribution >= 0.6 is 11.6 Å². The highest BCUT2D eigenvalue weighted by Crippen LogP contribution is 2.23. The Morgan fingerprint density at radius 1 is 1.10 bits per heavy atom. The van der Waals surface area contributed by atoms with Crippen molar-refractivity contribution >= 4 is 28.2 Å². The van der Waals surface area contributed by atoms with E-state index in [0.717, 1.165) is 16.6 Å². The van der Waals surface area contributed by atoms with E-state index in [-0.39, 0.29) is 5.88 Å². The summed E-state index contributed by atoms with van der Waals surface area (Å²) in [6, 6.07) is 11.4. The van der Waals surface area contributed by atoms with Gasteiger partial charge in [0.1, 0.15) is 5.82 Å². The highest BCUT2D eigenvalue weighted by Gasteiger charge is 2.14. The lowest BCUT2D eigenvalue weighted by molar-refractivity contribution is 0.577. The van der Waals surface area contributed by atoms with Crippen molar-refractivity contribution in [3.8, 4) is 11.6 Å². The maximum atomic E-state index is 5.97. The van der Waals surface area contributed by atoms with Crippen LogP contribution in [0.1, 0.15) is 5.82 Å². The molecule has 0 aliphatic heterocycles. The number of halogens is 1. The third-order valence-corrected chi connectivity index (χ3v) is 3.35. The Bertz CT molecular complexity index is 898. The van der Waals surface area contributed by atoms with E-state index in [4.69, 9.17) is 16.0 Å². The SMILES string of the molecule is ClCc1nc2ccccc2c2nc(-c3ccco3)nn12. The van der Waals surface area contributed by atoms with Crippen molar-refractivity contribution in [1.29, 1.82) is 0 Å². The highest BCUT2D eigenvalue weighted by molar-refractivity contribution is 6.16. The predicted octanol–water partition coefficient (Wildman–Crippen LogP) is 3.28. The van der Waals surface area contributed by atoms with E-state index in [9.17, 15) is 0 Å². The zero-order chi connectivity index (χ0) is 13.5. The number of furan rings is 1. The molecule has 0 fully saturated rings. The summed E-state index contributed by atoms with van der Waals surface area (Å²) >= 11 is 5.97. The van der Waals surface area contributed by atoms with Crippen LogP contribution in [0.3, 0.4) is 0 Å². The Balaban J connectivity index is 2.11. The fourth-order valence-corrected chi connectivity index (χ4v) is 2.38. The molecule has 0 aliphatic carbocycles. The van der Waals surface area contributed by atoms with Crippen molar-refractivity contribution in [3.05, 3.63) is 48.5 Å². The van der Waals surface area contributed by atoms with Crippen LogP contribution < -0.4 is 0 Å². The molecule has 98 valence electrons. The average Bonchev–Trinajstić information content (AvgIpc) is 3.15. The van der Waals surface area contributed by atoms with E-state index in [0.29, 0.717) is 17.4 Å². The maximum absolute atomic E-state index is 5.97. The summed E-state index contributed by atoms with van der Waals surface area (Å²) in [7, 11) is 0. The van der Waals surface area contributed by atoms with Crippen molar-refractivity contribution in [2.24, 2.45) is 0 Å². The number of para-hydroxylation sites is 1. The van der Waals surface area contributed by atoms with Gasteiger partial charge in [-0.05, 0) is 24.3 Å². The lowest BCUT2D eigenvalue weighted by Gasteiger charge is -2.02. The van der Waals surface area contributed by atoms with E-state index >= 15 is 0 Å². The molecule has 6 heteroatoms. The Morgan fingerprint density at radius 3 is 2.80 bits per heavy atom. The number of nitrogens with zero attached hydrogens (tertiary/aromatic N) is 4. The standard InChI is InChI=1S/C14H9ClN4O/c15-8-12-16-10-5-2-1-4-9(10)14-17-13(18-19(12)14)11-6-3-7-20-11/h1-7H,8H2. The summed E-state index contributed by atoms with van der Waals surface area (Å²) in [4.78, 5) is 9.07. The van der Waals surface area contributed by atoms with Gasteiger partial charge in [0.05, 0.1) is 17.7 Å². The number of benzene rings is 1. The quantitative estimate of drug-likeness (QED) is 0.530. The Kier molecular flexibility index (Phi) is 2.47. The first-order valence-corrected chi connectivity index (χ1v) is 6.64. The molecular weight excluding hydrogens is 276 g/mol. The number of fused-ring (bicyclic) bond motifs is 3. The van der Waals surface area contributed by atoms with Crippen LogP contribution in [-0.4, -0.2) is 19.6 Å². The van der Waals surface area contributed by atoms with Crippen LogP contribution in [0.25, 0.3) is 28.1 Å². The normalized spacial score (nSPS) is 11.4. The summed E-state index contributed by atoms with van der Waals surface area (Å²) < 4.78 is 7.02. The molecule has 20 heavy (non-hydrogen) atoms. The molecule has 0 atom stereocenters. The first-order valence-electron chi connectivity index (χ1n) is 6.11. The van der Waals surface area contributed by atoms with Crippen molar-refractivity contribution in [3.63, 3.8) is 0 Å². The molecule has 0 saturated heterocycles. The van der Waals surface area contributed by atoms with Crippen molar-refractivity contribution < 1.29 is 4.42 Å². The number of alkyl halides is 1. The second-order valence-corrected chi connectivity index (χ2v) is 4.59. The summed E-state index contributed by atoms with van der Waals surface area (Å²) in [5, 5.41) is 5.38. The topological polar surface area (TPSA) is 56.2 Å². The molecule has 3 aromatic heterocycles. The Morgan fingerprint density at radius 2 is 2.00 bits per heavy atom. The van der Waals surface area contributed by atoms with Gasteiger partial charge >= 0.3 is 0 Å². The molecule has 4 rings (SSSR count). The van der Waals surface area contributed by atoms with E-state index in [1.807, 2.05) is 30.3 Å². The van der Waals surface area contributed by atoms with E-state index < -0.39 is 0 Å². The minimum absolute atomic E-state index is 0.266. The predicted molar refractivity (Wildman–Crippen MR) is 75.5 cm³/mol. The second kappa shape index (κ2) is 4.31. The molecule has 5 nitrogen and oxygen atoms in total. The van der Waals surface area contributed by atoms with Crippen molar-refractivity contribution in [2.75, 3.05) is 0 Å². The van der Waals surface area contributed by atoms with Gasteiger partial charge in [-0.25, -0.2) is 9.97 Å². The van der Waals surface area contributed by atoms with Crippen LogP contribution in [0.4, 0.5) is 0 Å². The van der Waals surface area contributed by atoms with Crippen LogP contribution in [0.2, 0.25) is 0 Å². The van der Waals surface area contributed by atoms with Gasteiger partial charge in [-0.15, -0.1) is 16.7 Å². The van der Waals surface area contributed by atoms with Crippen molar-refractivity contribution in [2.45, 2.75) is 5.88 Å². The van der Waals surface area contributed by atoms with Crippen molar-refractivity contribution in [1.82, 2.24) is 19.6 Å². The van der Waals surface area contributed by atoms with E-state index in [1.165, 1.54) is 0 Å². The molecule has 0 radical (unpaired) electrons. The van der Waals surface area contributed by atoms with Crippen LogP contribution in [-0.2, 0) is 5.88 Å². The summed E-state index contributed by atoms with van der Waals surface area (Å²) in [6.45, 7) is 0. The summed E-state index contributed by atoms with van der Waals surface area (Å²) in [5.74, 6) is 2.07. The smallest absolute Gasteiger partial charge is 0.217 e. The van der Waals surface area contributed by atoms with Gasteiger partial charge in [0, 0.05) is 5.39 Å². The molecular formula is C14H9ClN4O. The van der Waals surface area contributed by atoms with Gasteiger partial charge in [-0.2, -0.15) is 4.52 Å². The molecule has 3 heterocycles. The van der Waals surface area contributed by atoms with E-state index in [1.54, 1.807) is 16.8 Å². The zero-order valence-electron chi connectivity index (χ0n) is 10.3. The van der Waals surface area contributed by atoms with Crippen LogP contribution in [0.15, 0.2) is 47.1 Å². The van der Waals surface area contributed by atoms with Gasteiger partial charge in [-0.3, -0.25) is 0 Å². The van der Waals surface area contributed by atoms with E-state index in [2.05, 4.69) is 15.1 Å². The van der Waals surface area contributed by atoms with Gasteiger partial charge in [-0.1, -0.05) is 12.1 Å². The second-order valence-electron chi connectivity index (χ2n) is 4.33. The maximum Gasteiger partial charge on any atom is 0.217 e. The molecule has 0 amide bonds. The third kappa shape index (κ3) is 1.60. The number of aromatic nitrogens is 4. The number of hydrogen-bond acceptors (Lipinski definition) is 4. The van der Waals surface area contributed by atoms with Gasteiger partial charge in [0.2, 0.25) is 5.82 Å². The van der Waals surface area contributed by atoms with Crippen LogP contribution in [0, 0.1) is 0 Å². The largest absolute Gasteiger partial charge is 0.461 e. The lowest BCUT2D eigenvalue weighted by Crippen LogP contribution is -2.01. The summed E-state index contributed by atoms with van der Waals surface area (Å²) in [5.41, 5.74) is 1.59. The molecule has 1 aromatic carbocycles. The minimum atomic E-state index is 0.266. The first kappa shape index (κ1) is 11.4. The Hall–Kier alpha value is -2.40. The number of hydrogen-bond donors (Lipinski definition) is 0. The fourth-order valence-electron chi connectivity index (χ4n) is 2.21. The van der Waals surface area contributed by atoms with Gasteiger partial charge in [0.25, 0.3) is 0 Å². The molecule has 0 unspecified atom stereocenters. The monoisotopic (exact) mass is 284 g/mol. The first-order chi connectivity index (χ1) is 9.86. The summed E-state index contributed by atoms with van der Waals surface area (Å²) in [6.07, 6.45) is 1.60. The fraction of sp³-hybridized carbons (Fsp3) is 0.0714. The highest BCUT2D eigenvalue weighted by atomic mass is 35.5. The zero-order valence-corrected chi connectivity index (χ0v) is 11.1. The number of rotatable bonds is 2. The molecule has 0 spiro atoms. The molecule has 0 N–H and O–H groups in total. The van der Waals surface area contributed by atoms with Gasteiger partial charge in [0.15, 0.2) is 11.4 Å². The lowest BCUT2D eigenvalue weighted by atomic mass is 10.2. The average molecular weight is 285 g/mol. The molecule has 0 bridgehead atoms. The third-order valence-electron chi connectivity index (χ3n) is 3.11.